The fraction of sp³-hybridized carbons (Fsp3) is 0.455. The van der Waals surface area contributed by atoms with Crippen molar-refractivity contribution < 1.29 is 4.74 Å². The van der Waals surface area contributed by atoms with Crippen LogP contribution in [0.15, 0.2) is 28.7 Å². The van der Waals surface area contributed by atoms with E-state index in [2.05, 4.69) is 21.2 Å². The first-order chi connectivity index (χ1) is 6.84. The summed E-state index contributed by atoms with van der Waals surface area (Å²) in [4.78, 5) is 0. The monoisotopic (exact) mass is 255 g/mol. The van der Waals surface area contributed by atoms with E-state index in [-0.39, 0.29) is 0 Å². The van der Waals surface area contributed by atoms with Gasteiger partial charge in [0.25, 0.3) is 0 Å². The number of benzene rings is 1. The number of ether oxygens (including phenoxy) is 1. The van der Waals surface area contributed by atoms with Crippen molar-refractivity contribution in [1.29, 1.82) is 0 Å². The van der Waals surface area contributed by atoms with E-state index in [0.29, 0.717) is 0 Å². The molecule has 0 saturated heterocycles. The second-order valence-electron chi connectivity index (χ2n) is 3.53. The Bertz CT molecular complexity index is 299. The Morgan fingerprint density at radius 3 is 3.00 bits per heavy atom. The summed E-state index contributed by atoms with van der Waals surface area (Å²) in [5.74, 6) is 0.928. The lowest BCUT2D eigenvalue weighted by Crippen LogP contribution is -2.22. The van der Waals surface area contributed by atoms with Gasteiger partial charge in [-0.15, -0.1) is 0 Å². The van der Waals surface area contributed by atoms with Crippen molar-refractivity contribution in [2.45, 2.75) is 18.9 Å². The highest BCUT2D eigenvalue weighted by Crippen LogP contribution is 2.19. The van der Waals surface area contributed by atoms with Gasteiger partial charge >= 0.3 is 0 Å². The van der Waals surface area contributed by atoms with Gasteiger partial charge in [0.1, 0.15) is 12.4 Å². The summed E-state index contributed by atoms with van der Waals surface area (Å²) >= 11 is 3.41. The minimum Gasteiger partial charge on any atom is -0.492 e. The van der Waals surface area contributed by atoms with Gasteiger partial charge in [-0.1, -0.05) is 22.0 Å². The normalized spacial score (nSPS) is 15.5. The number of hydrogen-bond acceptors (Lipinski definition) is 2. The van der Waals surface area contributed by atoms with Gasteiger partial charge in [-0.3, -0.25) is 0 Å². The maximum absolute atomic E-state index is 5.57. The van der Waals surface area contributed by atoms with Crippen LogP contribution in [0.1, 0.15) is 12.8 Å². The fourth-order valence-electron chi connectivity index (χ4n) is 1.28. The molecular weight excluding hydrogens is 242 g/mol. The highest BCUT2D eigenvalue weighted by Gasteiger charge is 2.19. The maximum atomic E-state index is 5.57. The molecule has 1 aromatic rings. The first-order valence-electron chi connectivity index (χ1n) is 4.96. The minimum absolute atomic E-state index is 0.743. The van der Waals surface area contributed by atoms with Crippen molar-refractivity contribution >= 4 is 15.9 Å². The second kappa shape index (κ2) is 4.80. The van der Waals surface area contributed by atoms with Crippen LogP contribution in [0.3, 0.4) is 0 Å². The van der Waals surface area contributed by atoms with Crippen LogP contribution >= 0.6 is 15.9 Å². The molecule has 76 valence electrons. The topological polar surface area (TPSA) is 21.3 Å². The highest BCUT2D eigenvalue weighted by atomic mass is 79.9. The molecule has 0 bridgehead atoms. The summed E-state index contributed by atoms with van der Waals surface area (Å²) in [6.45, 7) is 1.68. The second-order valence-corrected chi connectivity index (χ2v) is 4.45. The molecule has 2 rings (SSSR count). The van der Waals surface area contributed by atoms with E-state index in [4.69, 9.17) is 4.74 Å². The maximum Gasteiger partial charge on any atom is 0.120 e. The smallest absolute Gasteiger partial charge is 0.120 e. The van der Waals surface area contributed by atoms with Gasteiger partial charge in [0, 0.05) is 17.1 Å². The first-order valence-corrected chi connectivity index (χ1v) is 5.75. The van der Waals surface area contributed by atoms with Crippen molar-refractivity contribution in [3.63, 3.8) is 0 Å². The molecule has 0 amide bonds. The van der Waals surface area contributed by atoms with Crippen molar-refractivity contribution in [2.75, 3.05) is 13.2 Å². The Morgan fingerprint density at radius 2 is 2.29 bits per heavy atom. The van der Waals surface area contributed by atoms with Crippen molar-refractivity contribution in [2.24, 2.45) is 0 Å². The Morgan fingerprint density at radius 1 is 1.43 bits per heavy atom. The van der Waals surface area contributed by atoms with Crippen LogP contribution in [0.4, 0.5) is 0 Å². The van der Waals surface area contributed by atoms with Crippen molar-refractivity contribution in [3.8, 4) is 5.75 Å². The van der Waals surface area contributed by atoms with E-state index < -0.39 is 0 Å². The standard InChI is InChI=1S/C11H14BrNO/c12-9-2-1-3-11(8-9)14-7-6-13-10-4-5-10/h1-3,8,10,13H,4-7H2. The zero-order valence-electron chi connectivity index (χ0n) is 8.00. The van der Waals surface area contributed by atoms with Crippen LogP contribution in [0.25, 0.3) is 0 Å². The van der Waals surface area contributed by atoms with Crippen molar-refractivity contribution in [3.05, 3.63) is 28.7 Å². The van der Waals surface area contributed by atoms with Gasteiger partial charge < -0.3 is 10.1 Å². The molecular formula is C11H14BrNO. The molecule has 0 aromatic heterocycles. The average molecular weight is 256 g/mol. The van der Waals surface area contributed by atoms with E-state index in [1.54, 1.807) is 0 Å². The molecule has 14 heavy (non-hydrogen) atoms. The van der Waals surface area contributed by atoms with Crippen molar-refractivity contribution in [1.82, 2.24) is 5.32 Å². The largest absolute Gasteiger partial charge is 0.492 e. The van der Waals surface area contributed by atoms with Crippen LogP contribution in [0.2, 0.25) is 0 Å². The highest BCUT2D eigenvalue weighted by molar-refractivity contribution is 9.10. The molecule has 0 atom stereocenters. The van der Waals surface area contributed by atoms with Gasteiger partial charge in [-0.05, 0) is 31.0 Å². The average Bonchev–Trinajstić information content (AvgIpc) is 2.96. The Labute approximate surface area is 92.8 Å². The van der Waals surface area contributed by atoms with Crippen LogP contribution in [-0.2, 0) is 0 Å². The summed E-state index contributed by atoms with van der Waals surface area (Å²) in [5, 5.41) is 3.40. The summed E-state index contributed by atoms with van der Waals surface area (Å²) in [6.07, 6.45) is 2.66. The molecule has 1 saturated carbocycles. The molecule has 0 aliphatic heterocycles. The van der Waals surface area contributed by atoms with E-state index in [1.807, 2.05) is 24.3 Å². The summed E-state index contributed by atoms with van der Waals surface area (Å²) in [7, 11) is 0. The summed E-state index contributed by atoms with van der Waals surface area (Å²) in [5.41, 5.74) is 0. The Kier molecular flexibility index (Phi) is 3.43. The number of rotatable bonds is 5. The summed E-state index contributed by atoms with van der Waals surface area (Å²) in [6, 6.07) is 8.70. The van der Waals surface area contributed by atoms with E-state index in [9.17, 15) is 0 Å². The SMILES string of the molecule is Brc1cccc(OCCNC2CC2)c1. The van der Waals surface area contributed by atoms with E-state index >= 15 is 0 Å². The van der Waals surface area contributed by atoms with Crippen LogP contribution < -0.4 is 10.1 Å². The molecule has 1 N–H and O–H groups in total. The number of halogens is 1. The third kappa shape index (κ3) is 3.31. The number of hydrogen-bond donors (Lipinski definition) is 1. The van der Waals surface area contributed by atoms with Gasteiger partial charge in [0.15, 0.2) is 0 Å². The van der Waals surface area contributed by atoms with E-state index in [1.165, 1.54) is 12.8 Å². The predicted octanol–water partition coefficient (Wildman–Crippen LogP) is 2.58. The van der Waals surface area contributed by atoms with Gasteiger partial charge in [-0.25, -0.2) is 0 Å². The Hall–Kier alpha value is -0.540. The minimum atomic E-state index is 0.743. The summed E-state index contributed by atoms with van der Waals surface area (Å²) < 4.78 is 6.63. The van der Waals surface area contributed by atoms with E-state index in [0.717, 1.165) is 29.4 Å². The predicted molar refractivity (Wildman–Crippen MR) is 60.7 cm³/mol. The van der Waals surface area contributed by atoms with Crippen LogP contribution in [0.5, 0.6) is 5.75 Å². The molecule has 1 aromatic carbocycles. The van der Waals surface area contributed by atoms with Crippen LogP contribution in [-0.4, -0.2) is 19.2 Å². The van der Waals surface area contributed by atoms with Gasteiger partial charge in [0.2, 0.25) is 0 Å². The molecule has 0 radical (unpaired) electrons. The Balaban J connectivity index is 1.68. The van der Waals surface area contributed by atoms with Gasteiger partial charge in [-0.2, -0.15) is 0 Å². The molecule has 2 nitrogen and oxygen atoms in total. The van der Waals surface area contributed by atoms with Crippen LogP contribution in [0, 0.1) is 0 Å². The number of nitrogens with one attached hydrogen (secondary N) is 1. The lowest BCUT2D eigenvalue weighted by Gasteiger charge is -2.06. The zero-order valence-corrected chi connectivity index (χ0v) is 9.59. The third-order valence-electron chi connectivity index (χ3n) is 2.18. The fourth-order valence-corrected chi connectivity index (χ4v) is 1.65. The molecule has 0 heterocycles. The van der Waals surface area contributed by atoms with Gasteiger partial charge in [0.05, 0.1) is 0 Å². The lowest BCUT2D eigenvalue weighted by molar-refractivity contribution is 0.313. The molecule has 3 heteroatoms. The molecule has 1 aliphatic rings. The molecule has 1 fully saturated rings. The first kappa shape index (κ1) is 9.99. The molecule has 1 aliphatic carbocycles. The zero-order chi connectivity index (χ0) is 9.80. The molecule has 0 unspecified atom stereocenters. The lowest BCUT2D eigenvalue weighted by atomic mass is 10.3. The quantitative estimate of drug-likeness (QED) is 0.817. The third-order valence-corrected chi connectivity index (χ3v) is 2.67. The molecule has 0 spiro atoms.